The molecule has 1 fully saturated rings. The van der Waals surface area contributed by atoms with E-state index in [0.717, 1.165) is 5.56 Å². The lowest BCUT2D eigenvalue weighted by Gasteiger charge is -2.17. The maximum absolute atomic E-state index is 12.0. The first-order valence-corrected chi connectivity index (χ1v) is 7.62. The van der Waals surface area contributed by atoms with Crippen LogP contribution >= 0.6 is 0 Å². The van der Waals surface area contributed by atoms with Gasteiger partial charge in [-0.05, 0) is 43.4 Å². The SMILES string of the molecule is CC(Oc1cccc(C(C)C)c1)C(=O)NCC1(C(=O)O)CC1. The molecule has 120 valence electrons. The number of carbonyl (C=O) groups is 2. The number of rotatable bonds is 7. The number of carboxylic acids is 1. The maximum Gasteiger partial charge on any atom is 0.311 e. The first kappa shape index (κ1) is 16.3. The average Bonchev–Trinajstić information content (AvgIpc) is 3.26. The quantitative estimate of drug-likeness (QED) is 0.812. The van der Waals surface area contributed by atoms with Crippen LogP contribution < -0.4 is 10.1 Å². The van der Waals surface area contributed by atoms with Crippen LogP contribution in [0.25, 0.3) is 0 Å². The molecule has 1 aromatic carbocycles. The van der Waals surface area contributed by atoms with Gasteiger partial charge in [0.05, 0.1) is 5.41 Å². The van der Waals surface area contributed by atoms with Gasteiger partial charge in [-0.1, -0.05) is 26.0 Å². The van der Waals surface area contributed by atoms with E-state index < -0.39 is 17.5 Å². The van der Waals surface area contributed by atoms with Crippen molar-refractivity contribution in [2.24, 2.45) is 5.41 Å². The molecule has 2 N–H and O–H groups in total. The predicted octanol–water partition coefficient (Wildman–Crippen LogP) is 2.56. The zero-order valence-corrected chi connectivity index (χ0v) is 13.3. The third-order valence-electron chi connectivity index (χ3n) is 4.12. The summed E-state index contributed by atoms with van der Waals surface area (Å²) >= 11 is 0. The van der Waals surface area contributed by atoms with Crippen molar-refractivity contribution in [2.45, 2.75) is 45.6 Å². The van der Waals surface area contributed by atoms with Crippen LogP contribution in [0.3, 0.4) is 0 Å². The van der Waals surface area contributed by atoms with Crippen molar-refractivity contribution in [3.8, 4) is 5.75 Å². The Hall–Kier alpha value is -2.04. The van der Waals surface area contributed by atoms with E-state index in [2.05, 4.69) is 19.2 Å². The molecule has 22 heavy (non-hydrogen) atoms. The summed E-state index contributed by atoms with van der Waals surface area (Å²) in [7, 11) is 0. The van der Waals surface area contributed by atoms with E-state index in [4.69, 9.17) is 9.84 Å². The minimum atomic E-state index is -0.842. The van der Waals surface area contributed by atoms with Crippen LogP contribution in [0.5, 0.6) is 5.75 Å². The fourth-order valence-electron chi connectivity index (χ4n) is 2.22. The number of hydrogen-bond acceptors (Lipinski definition) is 3. The minimum absolute atomic E-state index is 0.168. The van der Waals surface area contributed by atoms with E-state index in [-0.39, 0.29) is 12.5 Å². The first-order valence-electron chi connectivity index (χ1n) is 7.62. The molecular formula is C17H23NO4. The molecule has 1 saturated carbocycles. The topological polar surface area (TPSA) is 75.6 Å². The summed E-state index contributed by atoms with van der Waals surface area (Å²) < 4.78 is 5.65. The van der Waals surface area contributed by atoms with Crippen LogP contribution in [0.2, 0.25) is 0 Å². The van der Waals surface area contributed by atoms with Gasteiger partial charge < -0.3 is 15.2 Å². The molecule has 0 saturated heterocycles. The van der Waals surface area contributed by atoms with Gasteiger partial charge >= 0.3 is 5.97 Å². The molecule has 0 radical (unpaired) electrons. The zero-order chi connectivity index (χ0) is 16.3. The number of amides is 1. The molecule has 0 aliphatic heterocycles. The van der Waals surface area contributed by atoms with Crippen LogP contribution in [0.4, 0.5) is 0 Å². The number of carbonyl (C=O) groups excluding carboxylic acids is 1. The van der Waals surface area contributed by atoms with Gasteiger partial charge in [0, 0.05) is 6.54 Å². The molecule has 0 aromatic heterocycles. The molecule has 1 aliphatic rings. The second kappa shape index (κ2) is 6.38. The average molecular weight is 305 g/mol. The zero-order valence-electron chi connectivity index (χ0n) is 13.3. The van der Waals surface area contributed by atoms with E-state index in [1.807, 2.05) is 24.3 Å². The smallest absolute Gasteiger partial charge is 0.311 e. The fraction of sp³-hybridized carbons (Fsp3) is 0.529. The van der Waals surface area contributed by atoms with Crippen LogP contribution in [-0.2, 0) is 9.59 Å². The van der Waals surface area contributed by atoms with Crippen molar-refractivity contribution in [1.82, 2.24) is 5.32 Å². The number of ether oxygens (including phenoxy) is 1. The third-order valence-corrected chi connectivity index (χ3v) is 4.12. The molecular weight excluding hydrogens is 282 g/mol. The summed E-state index contributed by atoms with van der Waals surface area (Å²) in [6, 6.07) is 7.66. The largest absolute Gasteiger partial charge is 0.481 e. The van der Waals surface area contributed by atoms with Gasteiger partial charge in [0.15, 0.2) is 6.10 Å². The summed E-state index contributed by atoms with van der Waals surface area (Å²) in [5.41, 5.74) is 0.389. The number of benzene rings is 1. The van der Waals surface area contributed by atoms with Crippen molar-refractivity contribution >= 4 is 11.9 Å². The lowest BCUT2D eigenvalue weighted by molar-refractivity contribution is -0.143. The van der Waals surface area contributed by atoms with Gasteiger partial charge in [-0.25, -0.2) is 0 Å². The highest BCUT2D eigenvalue weighted by molar-refractivity contribution is 5.83. The van der Waals surface area contributed by atoms with E-state index in [1.165, 1.54) is 0 Å². The Balaban J connectivity index is 1.89. The van der Waals surface area contributed by atoms with Gasteiger partial charge in [0.1, 0.15) is 5.75 Å². The molecule has 2 rings (SSSR count). The maximum atomic E-state index is 12.0. The standard InChI is InChI=1S/C17H23NO4/c1-11(2)13-5-4-6-14(9-13)22-12(3)15(19)18-10-17(7-8-17)16(20)21/h4-6,9,11-12H,7-8,10H2,1-3H3,(H,18,19)(H,20,21). The molecule has 1 aliphatic carbocycles. The first-order chi connectivity index (χ1) is 10.3. The monoisotopic (exact) mass is 305 g/mol. The molecule has 1 amide bonds. The van der Waals surface area contributed by atoms with Gasteiger partial charge in [0.25, 0.3) is 5.91 Å². The highest BCUT2D eigenvalue weighted by atomic mass is 16.5. The summed E-state index contributed by atoms with van der Waals surface area (Å²) in [5, 5.41) is 11.8. The molecule has 5 heteroatoms. The lowest BCUT2D eigenvalue weighted by Crippen LogP contribution is -2.41. The minimum Gasteiger partial charge on any atom is -0.481 e. The second-order valence-electron chi connectivity index (χ2n) is 6.29. The lowest BCUT2D eigenvalue weighted by atomic mass is 10.0. The highest BCUT2D eigenvalue weighted by Gasteiger charge is 2.50. The van der Waals surface area contributed by atoms with Crippen molar-refractivity contribution < 1.29 is 19.4 Å². The summed E-state index contributed by atoms with van der Waals surface area (Å²) in [6.07, 6.45) is 0.578. The van der Waals surface area contributed by atoms with Gasteiger partial charge in [-0.3, -0.25) is 9.59 Å². The predicted molar refractivity (Wildman–Crippen MR) is 82.9 cm³/mol. The van der Waals surface area contributed by atoms with Crippen molar-refractivity contribution in [1.29, 1.82) is 0 Å². The highest BCUT2D eigenvalue weighted by Crippen LogP contribution is 2.45. The van der Waals surface area contributed by atoms with Crippen LogP contribution in [0.1, 0.15) is 45.1 Å². The molecule has 0 bridgehead atoms. The summed E-state index contributed by atoms with van der Waals surface area (Å²) in [4.78, 5) is 23.1. The van der Waals surface area contributed by atoms with Crippen LogP contribution in [-0.4, -0.2) is 29.6 Å². The van der Waals surface area contributed by atoms with Gasteiger partial charge in [0.2, 0.25) is 0 Å². The van der Waals surface area contributed by atoms with E-state index in [9.17, 15) is 9.59 Å². The van der Waals surface area contributed by atoms with Gasteiger partial charge in [-0.2, -0.15) is 0 Å². The van der Waals surface area contributed by atoms with Crippen molar-refractivity contribution in [3.63, 3.8) is 0 Å². The van der Waals surface area contributed by atoms with E-state index >= 15 is 0 Å². The Morgan fingerprint density at radius 2 is 2.00 bits per heavy atom. The number of aliphatic carboxylic acids is 1. The second-order valence-corrected chi connectivity index (χ2v) is 6.29. The molecule has 0 spiro atoms. The molecule has 1 atom stereocenters. The van der Waals surface area contributed by atoms with E-state index in [1.54, 1.807) is 6.92 Å². The normalized spacial score (nSPS) is 16.9. The number of carboxylic acid groups (broad SMARTS) is 1. The Morgan fingerprint density at radius 1 is 1.32 bits per heavy atom. The summed E-state index contributed by atoms with van der Waals surface area (Å²) in [6.45, 7) is 6.02. The summed E-state index contributed by atoms with van der Waals surface area (Å²) in [5.74, 6) is -0.0975. The Labute approximate surface area is 130 Å². The molecule has 1 unspecified atom stereocenters. The third kappa shape index (κ3) is 3.78. The number of hydrogen-bond donors (Lipinski definition) is 2. The van der Waals surface area contributed by atoms with Crippen LogP contribution in [0.15, 0.2) is 24.3 Å². The van der Waals surface area contributed by atoms with E-state index in [0.29, 0.717) is 24.5 Å². The van der Waals surface area contributed by atoms with Crippen molar-refractivity contribution in [3.05, 3.63) is 29.8 Å². The molecule has 0 heterocycles. The molecule has 5 nitrogen and oxygen atoms in total. The number of nitrogens with one attached hydrogen (secondary N) is 1. The molecule has 1 aromatic rings. The van der Waals surface area contributed by atoms with Gasteiger partial charge in [-0.15, -0.1) is 0 Å². The van der Waals surface area contributed by atoms with Crippen molar-refractivity contribution in [2.75, 3.05) is 6.54 Å². The Kier molecular flexibility index (Phi) is 4.74. The van der Waals surface area contributed by atoms with Crippen LogP contribution in [0, 0.1) is 5.41 Å². The fourth-order valence-corrected chi connectivity index (χ4v) is 2.22. The Bertz CT molecular complexity index is 564. The Morgan fingerprint density at radius 3 is 2.55 bits per heavy atom.